The van der Waals surface area contributed by atoms with Gasteiger partial charge in [0.2, 0.25) is 0 Å². The molecule has 0 bridgehead atoms. The lowest BCUT2D eigenvalue weighted by atomic mass is 10.1. The molecular formula is C9H13NO2. The van der Waals surface area contributed by atoms with E-state index in [1.54, 1.807) is 12.1 Å². The summed E-state index contributed by atoms with van der Waals surface area (Å²) in [6, 6.07) is 5.20. The Hall–Kier alpha value is -1.06. The average Bonchev–Trinajstić information content (AvgIpc) is 2.09. The molecule has 0 saturated heterocycles. The predicted molar refractivity (Wildman–Crippen MR) is 46.8 cm³/mol. The van der Waals surface area contributed by atoms with E-state index in [2.05, 4.69) is 5.32 Å². The lowest BCUT2D eigenvalue weighted by Crippen LogP contribution is -2.05. The predicted octanol–water partition coefficient (Wildman–Crippen LogP) is 0.604. The van der Waals surface area contributed by atoms with E-state index in [9.17, 15) is 5.11 Å². The Kier molecular flexibility index (Phi) is 3.08. The number of aliphatic hydroxyl groups excluding tert-OH is 1. The summed E-state index contributed by atoms with van der Waals surface area (Å²) in [6.07, 6.45) is 0. The lowest BCUT2D eigenvalue weighted by Gasteiger charge is -2.04. The van der Waals surface area contributed by atoms with Gasteiger partial charge in [0.15, 0.2) is 0 Å². The maximum Gasteiger partial charge on any atom is 0.121 e. The van der Waals surface area contributed by atoms with Crippen LogP contribution in [0.4, 0.5) is 0 Å². The van der Waals surface area contributed by atoms with Gasteiger partial charge in [0.1, 0.15) is 5.75 Å². The number of nitrogens with one attached hydrogen (secondary N) is 1. The Morgan fingerprint density at radius 1 is 1.42 bits per heavy atom. The molecule has 0 aliphatic heterocycles. The zero-order chi connectivity index (χ0) is 8.97. The Morgan fingerprint density at radius 2 is 2.17 bits per heavy atom. The van der Waals surface area contributed by atoms with Crippen molar-refractivity contribution in [3.8, 4) is 5.75 Å². The third-order valence-electron chi connectivity index (χ3n) is 1.70. The maximum absolute atomic E-state index is 9.22. The zero-order valence-electron chi connectivity index (χ0n) is 7.04. The van der Waals surface area contributed by atoms with Crippen LogP contribution in [-0.4, -0.2) is 17.3 Å². The fourth-order valence-corrected chi connectivity index (χ4v) is 1.08. The van der Waals surface area contributed by atoms with Crippen LogP contribution < -0.4 is 5.32 Å². The summed E-state index contributed by atoms with van der Waals surface area (Å²) in [5.74, 6) is 0.150. The number of aromatic hydroxyl groups is 1. The van der Waals surface area contributed by atoms with Crippen LogP contribution in [0.5, 0.6) is 5.75 Å². The number of phenols is 1. The van der Waals surface area contributed by atoms with Crippen LogP contribution in [-0.2, 0) is 13.2 Å². The van der Waals surface area contributed by atoms with E-state index in [1.807, 2.05) is 13.1 Å². The summed E-state index contributed by atoms with van der Waals surface area (Å²) in [6.45, 7) is 0.622. The average molecular weight is 167 g/mol. The summed E-state index contributed by atoms with van der Waals surface area (Å²) in [4.78, 5) is 0. The van der Waals surface area contributed by atoms with Gasteiger partial charge in [-0.1, -0.05) is 6.07 Å². The van der Waals surface area contributed by atoms with E-state index in [4.69, 9.17) is 5.11 Å². The fraction of sp³-hybridized carbons (Fsp3) is 0.333. The maximum atomic E-state index is 9.22. The van der Waals surface area contributed by atoms with Crippen LogP contribution in [0.25, 0.3) is 0 Å². The molecule has 66 valence electrons. The van der Waals surface area contributed by atoms with Gasteiger partial charge in [0.25, 0.3) is 0 Å². The van der Waals surface area contributed by atoms with Gasteiger partial charge in [0.05, 0.1) is 6.61 Å². The first-order chi connectivity index (χ1) is 5.77. The highest BCUT2D eigenvalue weighted by Gasteiger charge is 2.00. The van der Waals surface area contributed by atoms with Crippen LogP contribution in [0.1, 0.15) is 11.1 Å². The smallest absolute Gasteiger partial charge is 0.121 e. The van der Waals surface area contributed by atoms with Gasteiger partial charge in [-0.05, 0) is 24.7 Å². The van der Waals surface area contributed by atoms with Crippen LogP contribution >= 0.6 is 0 Å². The van der Waals surface area contributed by atoms with Gasteiger partial charge >= 0.3 is 0 Å². The largest absolute Gasteiger partial charge is 0.508 e. The Bertz CT molecular complexity index is 261. The Morgan fingerprint density at radius 3 is 2.75 bits per heavy atom. The topological polar surface area (TPSA) is 52.5 Å². The van der Waals surface area contributed by atoms with Gasteiger partial charge in [-0.2, -0.15) is 0 Å². The lowest BCUT2D eigenvalue weighted by molar-refractivity contribution is 0.275. The molecule has 1 aromatic rings. The van der Waals surface area contributed by atoms with Gasteiger partial charge < -0.3 is 15.5 Å². The number of benzene rings is 1. The minimum Gasteiger partial charge on any atom is -0.508 e. The Labute approximate surface area is 71.7 Å². The van der Waals surface area contributed by atoms with Crippen LogP contribution in [0, 0.1) is 0 Å². The second-order valence-electron chi connectivity index (χ2n) is 2.65. The van der Waals surface area contributed by atoms with Crippen molar-refractivity contribution >= 4 is 0 Å². The molecule has 0 amide bonds. The standard InChI is InChI=1S/C9H13NO2/c1-10-5-7-2-3-9(12)8(4-7)6-11/h2-4,10-12H,5-6H2,1H3. The molecule has 0 aliphatic carbocycles. The molecule has 1 aromatic carbocycles. The highest BCUT2D eigenvalue weighted by Crippen LogP contribution is 2.17. The number of hydrogen-bond donors (Lipinski definition) is 3. The van der Waals surface area contributed by atoms with E-state index in [0.717, 1.165) is 12.1 Å². The van der Waals surface area contributed by atoms with Crippen molar-refractivity contribution in [2.45, 2.75) is 13.2 Å². The van der Waals surface area contributed by atoms with Crippen LogP contribution in [0.15, 0.2) is 18.2 Å². The summed E-state index contributed by atoms with van der Waals surface area (Å²) < 4.78 is 0. The van der Waals surface area contributed by atoms with Crippen molar-refractivity contribution in [3.05, 3.63) is 29.3 Å². The monoisotopic (exact) mass is 167 g/mol. The SMILES string of the molecule is CNCc1ccc(O)c(CO)c1. The van der Waals surface area contributed by atoms with Crippen molar-refractivity contribution in [1.29, 1.82) is 0 Å². The fourth-order valence-electron chi connectivity index (χ4n) is 1.08. The molecule has 0 fully saturated rings. The molecule has 0 saturated carbocycles. The van der Waals surface area contributed by atoms with Gasteiger partial charge in [-0.15, -0.1) is 0 Å². The number of rotatable bonds is 3. The quantitative estimate of drug-likeness (QED) is 0.618. The van der Waals surface area contributed by atoms with Crippen molar-refractivity contribution in [1.82, 2.24) is 5.32 Å². The Balaban J connectivity index is 2.89. The van der Waals surface area contributed by atoms with Crippen molar-refractivity contribution in [3.63, 3.8) is 0 Å². The summed E-state index contributed by atoms with van der Waals surface area (Å²) in [5.41, 5.74) is 1.63. The zero-order valence-corrected chi connectivity index (χ0v) is 7.04. The van der Waals surface area contributed by atoms with Crippen molar-refractivity contribution in [2.75, 3.05) is 7.05 Å². The van der Waals surface area contributed by atoms with Crippen LogP contribution in [0.3, 0.4) is 0 Å². The number of hydrogen-bond acceptors (Lipinski definition) is 3. The third kappa shape index (κ3) is 1.96. The molecule has 0 aromatic heterocycles. The molecule has 0 unspecified atom stereocenters. The van der Waals surface area contributed by atoms with Crippen molar-refractivity contribution < 1.29 is 10.2 Å². The minimum atomic E-state index is -0.122. The molecular weight excluding hydrogens is 154 g/mol. The molecule has 0 spiro atoms. The molecule has 0 aliphatic rings. The summed E-state index contributed by atoms with van der Waals surface area (Å²) >= 11 is 0. The second-order valence-corrected chi connectivity index (χ2v) is 2.65. The van der Waals surface area contributed by atoms with E-state index >= 15 is 0 Å². The second kappa shape index (κ2) is 4.09. The van der Waals surface area contributed by atoms with Gasteiger partial charge in [0, 0.05) is 12.1 Å². The molecule has 12 heavy (non-hydrogen) atoms. The van der Waals surface area contributed by atoms with Crippen LogP contribution in [0.2, 0.25) is 0 Å². The van der Waals surface area contributed by atoms with E-state index in [1.165, 1.54) is 0 Å². The summed E-state index contributed by atoms with van der Waals surface area (Å²) in [5, 5.41) is 21.0. The molecule has 0 radical (unpaired) electrons. The minimum absolute atomic E-state index is 0.122. The molecule has 0 heterocycles. The first kappa shape index (κ1) is 9.03. The van der Waals surface area contributed by atoms with E-state index in [-0.39, 0.29) is 12.4 Å². The van der Waals surface area contributed by atoms with Crippen molar-refractivity contribution in [2.24, 2.45) is 0 Å². The molecule has 3 heteroatoms. The van der Waals surface area contributed by atoms with E-state index in [0.29, 0.717) is 5.56 Å². The molecule has 3 N–H and O–H groups in total. The van der Waals surface area contributed by atoms with E-state index < -0.39 is 0 Å². The van der Waals surface area contributed by atoms with Gasteiger partial charge in [-0.25, -0.2) is 0 Å². The summed E-state index contributed by atoms with van der Waals surface area (Å²) in [7, 11) is 1.85. The highest BCUT2D eigenvalue weighted by molar-refractivity contribution is 5.35. The molecule has 0 atom stereocenters. The normalized spacial score (nSPS) is 10.2. The highest BCUT2D eigenvalue weighted by atomic mass is 16.3. The first-order valence-electron chi connectivity index (χ1n) is 3.84. The molecule has 3 nitrogen and oxygen atoms in total. The third-order valence-corrected chi connectivity index (χ3v) is 1.70. The first-order valence-corrected chi connectivity index (χ1v) is 3.84. The number of aliphatic hydroxyl groups is 1. The molecule has 1 rings (SSSR count). The van der Waals surface area contributed by atoms with Gasteiger partial charge in [-0.3, -0.25) is 0 Å².